The lowest BCUT2D eigenvalue weighted by atomic mass is 10.1. The Morgan fingerprint density at radius 3 is 2.52 bits per heavy atom. The van der Waals surface area contributed by atoms with Crippen LogP contribution in [0, 0.1) is 12.3 Å². The molecule has 0 atom stereocenters. The number of terminal acetylenes is 1. The molecule has 9 heteroatoms. The Balaban J connectivity index is 2.17. The minimum absolute atomic E-state index is 0.122. The van der Waals surface area contributed by atoms with E-state index in [-0.39, 0.29) is 22.6 Å². The Morgan fingerprint density at radius 1 is 1.15 bits per heavy atom. The number of hydrogen-bond acceptors (Lipinski definition) is 4. The molecule has 27 heavy (non-hydrogen) atoms. The third kappa shape index (κ3) is 5.32. The average Bonchev–Trinajstić information content (AvgIpc) is 2.64. The number of benzene rings is 2. The molecule has 2 aromatic rings. The molecule has 0 aromatic heterocycles. The quantitative estimate of drug-likeness (QED) is 0.601. The van der Waals surface area contributed by atoms with Gasteiger partial charge in [-0.1, -0.05) is 30.2 Å². The van der Waals surface area contributed by atoms with E-state index in [9.17, 15) is 26.4 Å². The largest absolute Gasteiger partial charge is 0.457 e. The van der Waals surface area contributed by atoms with Crippen LogP contribution >= 0.6 is 0 Å². The van der Waals surface area contributed by atoms with Gasteiger partial charge in [0.05, 0.1) is 22.6 Å². The highest BCUT2D eigenvalue weighted by molar-refractivity contribution is 7.89. The molecule has 0 saturated heterocycles. The third-order valence-electron chi connectivity index (χ3n) is 3.43. The van der Waals surface area contributed by atoms with Gasteiger partial charge in [-0.15, -0.1) is 6.42 Å². The summed E-state index contributed by atoms with van der Waals surface area (Å²) >= 11 is 0. The van der Waals surface area contributed by atoms with Crippen molar-refractivity contribution >= 4 is 16.0 Å². The Bertz CT molecular complexity index is 979. The van der Waals surface area contributed by atoms with Crippen LogP contribution in [0.3, 0.4) is 0 Å². The van der Waals surface area contributed by atoms with Crippen molar-refractivity contribution in [2.75, 3.05) is 6.54 Å². The van der Waals surface area contributed by atoms with Crippen molar-refractivity contribution < 1.29 is 31.1 Å². The van der Waals surface area contributed by atoms with Crippen molar-refractivity contribution in [3.05, 3.63) is 65.2 Å². The molecule has 0 aliphatic rings. The standard InChI is InChI=1S/C18H14F3NO4S/c1-2-10-22-27(24,25)15-8-5-7-13(11-15)17(23)26-12-14-6-3-4-9-16(14)18(19,20)21/h1,3-9,11,22H,10,12H2. The molecule has 2 rings (SSSR count). The summed E-state index contributed by atoms with van der Waals surface area (Å²) in [7, 11) is -3.92. The summed E-state index contributed by atoms with van der Waals surface area (Å²) in [6.45, 7) is -0.841. The van der Waals surface area contributed by atoms with Crippen LogP contribution in [-0.2, 0) is 27.5 Å². The van der Waals surface area contributed by atoms with Crippen LogP contribution in [-0.4, -0.2) is 20.9 Å². The molecule has 0 fully saturated rings. The lowest BCUT2D eigenvalue weighted by Gasteiger charge is -2.13. The van der Waals surface area contributed by atoms with Crippen molar-refractivity contribution in [1.29, 1.82) is 0 Å². The summed E-state index contributed by atoms with van der Waals surface area (Å²) in [6.07, 6.45) is 0.415. The van der Waals surface area contributed by atoms with Gasteiger partial charge in [0, 0.05) is 5.56 Å². The number of sulfonamides is 1. The van der Waals surface area contributed by atoms with E-state index < -0.39 is 34.3 Å². The van der Waals surface area contributed by atoms with Gasteiger partial charge >= 0.3 is 12.1 Å². The number of esters is 1. The minimum atomic E-state index is -4.58. The summed E-state index contributed by atoms with van der Waals surface area (Å²) in [5, 5.41) is 0. The van der Waals surface area contributed by atoms with Gasteiger partial charge in [-0.3, -0.25) is 0 Å². The molecular formula is C18H14F3NO4S. The second-order valence-corrected chi connectivity index (χ2v) is 7.05. The van der Waals surface area contributed by atoms with Crippen molar-refractivity contribution in [2.24, 2.45) is 0 Å². The number of nitrogens with one attached hydrogen (secondary N) is 1. The normalized spacial score (nSPS) is 11.6. The molecule has 1 N–H and O–H groups in total. The zero-order chi connectivity index (χ0) is 20.1. The third-order valence-corrected chi connectivity index (χ3v) is 4.82. The van der Waals surface area contributed by atoms with Gasteiger partial charge in [0.1, 0.15) is 6.61 Å². The molecule has 0 radical (unpaired) electrons. The Kier molecular flexibility index (Phi) is 6.25. The predicted molar refractivity (Wildman–Crippen MR) is 91.0 cm³/mol. The Hall–Kier alpha value is -2.83. The highest BCUT2D eigenvalue weighted by atomic mass is 32.2. The molecule has 2 aromatic carbocycles. The van der Waals surface area contributed by atoms with E-state index in [2.05, 4.69) is 10.6 Å². The smallest absolute Gasteiger partial charge is 0.416 e. The minimum Gasteiger partial charge on any atom is -0.457 e. The predicted octanol–water partition coefficient (Wildman–Crippen LogP) is 2.97. The van der Waals surface area contributed by atoms with Crippen LogP contribution in [0.2, 0.25) is 0 Å². The van der Waals surface area contributed by atoms with Gasteiger partial charge in [0.25, 0.3) is 0 Å². The van der Waals surface area contributed by atoms with Crippen molar-refractivity contribution in [3.63, 3.8) is 0 Å². The summed E-state index contributed by atoms with van der Waals surface area (Å²) in [4.78, 5) is 11.9. The Labute approximate surface area is 154 Å². The summed E-state index contributed by atoms with van der Waals surface area (Å²) in [6, 6.07) is 9.59. The SMILES string of the molecule is C#CCNS(=O)(=O)c1cccc(C(=O)OCc2ccccc2C(F)(F)F)c1. The van der Waals surface area contributed by atoms with Gasteiger partial charge in [0.2, 0.25) is 10.0 Å². The lowest BCUT2D eigenvalue weighted by molar-refractivity contribution is -0.138. The number of halogens is 3. The van der Waals surface area contributed by atoms with E-state index in [0.717, 1.165) is 12.1 Å². The molecular weight excluding hydrogens is 383 g/mol. The van der Waals surface area contributed by atoms with Crippen LogP contribution in [0.15, 0.2) is 53.4 Å². The van der Waals surface area contributed by atoms with Crippen LogP contribution in [0.1, 0.15) is 21.5 Å². The van der Waals surface area contributed by atoms with Crippen LogP contribution in [0.5, 0.6) is 0 Å². The zero-order valence-electron chi connectivity index (χ0n) is 13.8. The summed E-state index contributed by atoms with van der Waals surface area (Å²) < 4.78 is 69.9. The number of carbonyl (C=O) groups excluding carboxylic acids is 1. The molecule has 0 spiro atoms. The fourth-order valence-corrected chi connectivity index (χ4v) is 3.14. The summed E-state index contributed by atoms with van der Waals surface area (Å²) in [5.41, 5.74) is -1.24. The van der Waals surface area contributed by atoms with Crippen LogP contribution in [0.4, 0.5) is 13.2 Å². The molecule has 0 aliphatic heterocycles. The van der Waals surface area contributed by atoms with E-state index in [0.29, 0.717) is 0 Å². The molecule has 0 saturated carbocycles. The first-order chi connectivity index (χ1) is 12.6. The van der Waals surface area contributed by atoms with E-state index in [4.69, 9.17) is 11.2 Å². The zero-order valence-corrected chi connectivity index (χ0v) is 14.6. The fourth-order valence-electron chi connectivity index (χ4n) is 2.16. The molecule has 0 aliphatic carbocycles. The van der Waals surface area contributed by atoms with Crippen LogP contribution < -0.4 is 4.72 Å². The van der Waals surface area contributed by atoms with E-state index in [1.807, 2.05) is 0 Å². The number of hydrogen-bond donors (Lipinski definition) is 1. The molecule has 0 unspecified atom stereocenters. The fraction of sp³-hybridized carbons (Fsp3) is 0.167. The highest BCUT2D eigenvalue weighted by Crippen LogP contribution is 2.32. The van der Waals surface area contributed by atoms with Crippen molar-refractivity contribution in [3.8, 4) is 12.3 Å². The number of alkyl halides is 3. The monoisotopic (exact) mass is 397 g/mol. The second-order valence-electron chi connectivity index (χ2n) is 5.29. The first kappa shape index (κ1) is 20.5. The Morgan fingerprint density at radius 2 is 1.85 bits per heavy atom. The van der Waals surface area contributed by atoms with Crippen molar-refractivity contribution in [2.45, 2.75) is 17.7 Å². The molecule has 0 bridgehead atoms. The number of ether oxygens (including phenoxy) is 1. The van der Waals surface area contributed by atoms with Gasteiger partial charge in [0.15, 0.2) is 0 Å². The van der Waals surface area contributed by atoms with Gasteiger partial charge < -0.3 is 4.74 Å². The van der Waals surface area contributed by atoms with E-state index in [1.165, 1.54) is 36.4 Å². The van der Waals surface area contributed by atoms with E-state index >= 15 is 0 Å². The molecule has 0 heterocycles. The highest BCUT2D eigenvalue weighted by Gasteiger charge is 2.33. The first-order valence-electron chi connectivity index (χ1n) is 7.50. The topological polar surface area (TPSA) is 72.5 Å². The number of rotatable bonds is 6. The van der Waals surface area contributed by atoms with Gasteiger partial charge in [-0.2, -0.15) is 17.9 Å². The first-order valence-corrected chi connectivity index (χ1v) is 8.99. The lowest BCUT2D eigenvalue weighted by Crippen LogP contribution is -2.24. The summed E-state index contributed by atoms with van der Waals surface area (Å²) in [5.74, 6) is 1.16. The van der Waals surface area contributed by atoms with Crippen LogP contribution in [0.25, 0.3) is 0 Å². The maximum atomic E-state index is 13.0. The number of carbonyl (C=O) groups is 1. The maximum absolute atomic E-state index is 13.0. The molecule has 5 nitrogen and oxygen atoms in total. The van der Waals surface area contributed by atoms with Crippen molar-refractivity contribution in [1.82, 2.24) is 4.72 Å². The van der Waals surface area contributed by atoms with Gasteiger partial charge in [-0.05, 0) is 24.3 Å². The van der Waals surface area contributed by atoms with Gasteiger partial charge in [-0.25, -0.2) is 13.2 Å². The molecule has 0 amide bonds. The average molecular weight is 397 g/mol. The maximum Gasteiger partial charge on any atom is 0.416 e. The molecule has 142 valence electrons. The second kappa shape index (κ2) is 8.24. The van der Waals surface area contributed by atoms with E-state index in [1.54, 1.807) is 0 Å².